The number of fused-ring (bicyclic) bond motifs is 1. The number of carbonyl (C=O) groups is 2. The first-order valence-corrected chi connectivity index (χ1v) is 9.96. The summed E-state index contributed by atoms with van der Waals surface area (Å²) in [5.74, 6) is 0.943. The Kier molecular flexibility index (Phi) is 5.72. The van der Waals surface area contributed by atoms with E-state index in [4.69, 9.17) is 20.4 Å². The van der Waals surface area contributed by atoms with Crippen LogP contribution in [0.25, 0.3) is 0 Å². The zero-order valence-electron chi connectivity index (χ0n) is 16.3. The predicted molar refractivity (Wildman–Crippen MR) is 112 cm³/mol. The molecule has 4 rings (SSSR count). The maximum absolute atomic E-state index is 12.6. The average Bonchev–Trinajstić information content (AvgIpc) is 3.38. The van der Waals surface area contributed by atoms with Crippen LogP contribution in [0.3, 0.4) is 0 Å². The monoisotopic (exact) mass is 425 g/mol. The smallest absolute Gasteiger partial charge is 0.287 e. The molecule has 0 atom stereocenters. The Morgan fingerprint density at radius 3 is 2.80 bits per heavy atom. The number of amides is 2. The lowest BCUT2D eigenvalue weighted by molar-refractivity contribution is 0.0916. The average molecular weight is 426 g/mol. The molecule has 1 aromatic carbocycles. The van der Waals surface area contributed by atoms with Crippen molar-refractivity contribution < 1.29 is 18.4 Å². The highest BCUT2D eigenvalue weighted by molar-refractivity contribution is 6.31. The number of furan rings is 2. The van der Waals surface area contributed by atoms with Crippen molar-refractivity contribution in [2.24, 2.45) is 5.10 Å². The summed E-state index contributed by atoms with van der Waals surface area (Å²) in [6, 6.07) is 10.2. The van der Waals surface area contributed by atoms with Gasteiger partial charge in [-0.15, -0.1) is 0 Å². The van der Waals surface area contributed by atoms with E-state index in [1.54, 1.807) is 42.7 Å². The molecule has 154 valence electrons. The third-order valence-electron chi connectivity index (χ3n) is 4.91. The number of aryl methyl sites for hydroxylation is 1. The van der Waals surface area contributed by atoms with Crippen LogP contribution in [-0.2, 0) is 13.0 Å². The molecule has 0 bridgehead atoms. The van der Waals surface area contributed by atoms with E-state index in [1.165, 1.54) is 0 Å². The summed E-state index contributed by atoms with van der Waals surface area (Å²) in [4.78, 5) is 25.0. The number of hydrogen-bond acceptors (Lipinski definition) is 5. The Bertz CT molecular complexity index is 1120. The highest BCUT2D eigenvalue weighted by Crippen LogP contribution is 2.30. The van der Waals surface area contributed by atoms with Crippen LogP contribution in [0.15, 0.2) is 56.6 Å². The summed E-state index contributed by atoms with van der Waals surface area (Å²) < 4.78 is 11.1. The second-order valence-corrected chi connectivity index (χ2v) is 7.42. The summed E-state index contributed by atoms with van der Waals surface area (Å²) in [7, 11) is 0. The van der Waals surface area contributed by atoms with Gasteiger partial charge in [-0.05, 0) is 50.1 Å². The molecule has 1 aliphatic carbocycles. The molecular weight excluding hydrogens is 406 g/mol. The second kappa shape index (κ2) is 8.59. The normalized spacial score (nSPS) is 14.4. The summed E-state index contributed by atoms with van der Waals surface area (Å²) in [6.45, 7) is 2.09. The molecule has 2 amide bonds. The van der Waals surface area contributed by atoms with Gasteiger partial charge in [-0.2, -0.15) is 5.10 Å². The van der Waals surface area contributed by atoms with E-state index < -0.39 is 0 Å². The Hall–Kier alpha value is -3.32. The van der Waals surface area contributed by atoms with E-state index in [9.17, 15) is 9.59 Å². The lowest BCUT2D eigenvalue weighted by atomic mass is 9.93. The van der Waals surface area contributed by atoms with Crippen molar-refractivity contribution in [2.45, 2.75) is 32.7 Å². The number of nitrogens with zero attached hydrogens (tertiary/aromatic N) is 1. The number of hydrazone groups is 1. The molecule has 8 heteroatoms. The number of carbonyl (C=O) groups excluding carboxylic acids is 2. The summed E-state index contributed by atoms with van der Waals surface area (Å²) in [5.41, 5.74) is 5.19. The SMILES string of the molecule is Cc1c(C(=O)NCc2ccco2)oc2c1/C(=N/NC(=O)c1cccc(Cl)c1)CCC2. The van der Waals surface area contributed by atoms with Crippen molar-refractivity contribution in [1.29, 1.82) is 0 Å². The van der Waals surface area contributed by atoms with Crippen LogP contribution in [-0.4, -0.2) is 17.5 Å². The number of hydrogen-bond donors (Lipinski definition) is 2. The zero-order chi connectivity index (χ0) is 21.1. The fourth-order valence-electron chi connectivity index (χ4n) is 3.47. The second-order valence-electron chi connectivity index (χ2n) is 6.98. The van der Waals surface area contributed by atoms with Crippen molar-refractivity contribution in [3.63, 3.8) is 0 Å². The predicted octanol–water partition coefficient (Wildman–Crippen LogP) is 4.23. The first kappa shape index (κ1) is 20.0. The minimum atomic E-state index is -0.352. The van der Waals surface area contributed by atoms with Crippen LogP contribution in [0.2, 0.25) is 5.02 Å². The van der Waals surface area contributed by atoms with E-state index in [0.717, 1.165) is 12.0 Å². The molecule has 2 heterocycles. The molecule has 0 saturated heterocycles. The standard InChI is InChI=1S/C22H20ClN3O4/c1-13-19-17(25-26-21(27)14-5-2-6-15(23)11-14)8-3-9-18(19)30-20(13)22(28)24-12-16-7-4-10-29-16/h2,4-7,10-11H,3,8-9,12H2,1H3,(H,24,28)(H,26,27)/b25-17+. The van der Waals surface area contributed by atoms with Gasteiger partial charge in [-0.1, -0.05) is 17.7 Å². The van der Waals surface area contributed by atoms with Crippen molar-refractivity contribution in [3.05, 3.63) is 81.7 Å². The van der Waals surface area contributed by atoms with Gasteiger partial charge in [0.25, 0.3) is 11.8 Å². The molecule has 0 spiro atoms. The lowest BCUT2D eigenvalue weighted by Gasteiger charge is -2.13. The minimum Gasteiger partial charge on any atom is -0.467 e. The fourth-order valence-corrected chi connectivity index (χ4v) is 3.66. The highest BCUT2D eigenvalue weighted by atomic mass is 35.5. The minimum absolute atomic E-state index is 0.252. The van der Waals surface area contributed by atoms with Gasteiger partial charge in [-0.25, -0.2) is 5.43 Å². The fraction of sp³-hybridized carbons (Fsp3) is 0.227. The molecule has 7 nitrogen and oxygen atoms in total. The molecular formula is C22H20ClN3O4. The largest absolute Gasteiger partial charge is 0.467 e. The Morgan fingerprint density at radius 1 is 1.17 bits per heavy atom. The van der Waals surface area contributed by atoms with Crippen molar-refractivity contribution >= 4 is 29.1 Å². The molecule has 30 heavy (non-hydrogen) atoms. The molecule has 3 aromatic rings. The third-order valence-corrected chi connectivity index (χ3v) is 5.15. The maximum Gasteiger partial charge on any atom is 0.287 e. The third kappa shape index (κ3) is 4.16. The van der Waals surface area contributed by atoms with Gasteiger partial charge >= 0.3 is 0 Å². The van der Waals surface area contributed by atoms with Crippen LogP contribution in [0.1, 0.15) is 56.4 Å². The van der Waals surface area contributed by atoms with Gasteiger partial charge in [0.1, 0.15) is 11.5 Å². The summed E-state index contributed by atoms with van der Waals surface area (Å²) in [5, 5.41) is 7.59. The molecule has 0 fully saturated rings. The van der Waals surface area contributed by atoms with Gasteiger partial charge in [-0.3, -0.25) is 9.59 Å². The highest BCUT2D eigenvalue weighted by Gasteiger charge is 2.28. The zero-order valence-corrected chi connectivity index (χ0v) is 17.1. The van der Waals surface area contributed by atoms with Gasteiger partial charge in [0, 0.05) is 28.1 Å². The van der Waals surface area contributed by atoms with Crippen molar-refractivity contribution in [2.75, 3.05) is 0 Å². The van der Waals surface area contributed by atoms with Gasteiger partial charge in [0.05, 0.1) is 18.5 Å². The molecule has 1 aliphatic rings. The molecule has 0 saturated carbocycles. The van der Waals surface area contributed by atoms with Gasteiger partial charge in [0.15, 0.2) is 5.76 Å². The first-order valence-electron chi connectivity index (χ1n) is 9.58. The summed E-state index contributed by atoms with van der Waals surface area (Å²) >= 11 is 5.94. The molecule has 2 N–H and O–H groups in total. The molecule has 2 aromatic heterocycles. The Balaban J connectivity index is 1.52. The lowest BCUT2D eigenvalue weighted by Crippen LogP contribution is -2.23. The summed E-state index contributed by atoms with van der Waals surface area (Å²) in [6.07, 6.45) is 3.76. The number of rotatable bonds is 5. The number of benzene rings is 1. The van der Waals surface area contributed by atoms with Crippen LogP contribution in [0, 0.1) is 6.92 Å². The number of nitrogens with one attached hydrogen (secondary N) is 2. The van der Waals surface area contributed by atoms with E-state index in [1.807, 2.05) is 6.92 Å². The van der Waals surface area contributed by atoms with Crippen molar-refractivity contribution in [3.8, 4) is 0 Å². The van der Waals surface area contributed by atoms with Crippen LogP contribution < -0.4 is 10.7 Å². The molecule has 0 aliphatic heterocycles. The van der Waals surface area contributed by atoms with E-state index in [-0.39, 0.29) is 24.1 Å². The topological polar surface area (TPSA) is 96.8 Å². The van der Waals surface area contributed by atoms with E-state index in [2.05, 4.69) is 15.8 Å². The van der Waals surface area contributed by atoms with Crippen LogP contribution in [0.5, 0.6) is 0 Å². The Labute approximate surface area is 178 Å². The van der Waals surface area contributed by atoms with Crippen molar-refractivity contribution in [1.82, 2.24) is 10.7 Å². The molecule has 0 radical (unpaired) electrons. The van der Waals surface area contributed by atoms with Crippen LogP contribution in [0.4, 0.5) is 0 Å². The van der Waals surface area contributed by atoms with E-state index >= 15 is 0 Å². The van der Waals surface area contributed by atoms with E-state index in [0.29, 0.717) is 46.2 Å². The quantitative estimate of drug-likeness (QED) is 0.597. The Morgan fingerprint density at radius 2 is 2.03 bits per heavy atom. The first-order chi connectivity index (χ1) is 14.5. The van der Waals surface area contributed by atoms with Gasteiger partial charge < -0.3 is 14.2 Å². The number of halogens is 1. The maximum atomic E-state index is 12.6. The van der Waals surface area contributed by atoms with Gasteiger partial charge in [0.2, 0.25) is 0 Å². The molecule has 0 unspecified atom stereocenters. The van der Waals surface area contributed by atoms with Crippen LogP contribution >= 0.6 is 11.6 Å².